The Morgan fingerprint density at radius 1 is 1.03 bits per heavy atom. The molecule has 0 spiro atoms. The Morgan fingerprint density at radius 3 is 2.14 bits per heavy atom. The maximum atomic E-state index is 12.9. The molecule has 2 aromatic carbocycles. The van der Waals surface area contributed by atoms with E-state index in [4.69, 9.17) is 4.74 Å². The molecule has 3 N–H and O–H groups in total. The number of aliphatic carboxylic acids is 1. The van der Waals surface area contributed by atoms with E-state index in [2.05, 4.69) is 15.4 Å². The van der Waals surface area contributed by atoms with Crippen LogP contribution in [0.1, 0.15) is 49.1 Å². The molecule has 0 bridgehead atoms. The summed E-state index contributed by atoms with van der Waals surface area (Å²) < 4.78 is 10.1. The number of esters is 1. The Hall–Kier alpha value is -3.88. The minimum Gasteiger partial charge on any atom is -0.480 e. The molecule has 2 aliphatic rings. The third-order valence-corrected chi connectivity index (χ3v) is 6.79. The maximum Gasteiger partial charge on any atom is 0.408 e. The van der Waals surface area contributed by atoms with Crippen LogP contribution >= 0.6 is 0 Å². The first-order chi connectivity index (χ1) is 16.8. The Bertz CT molecular complexity index is 1100. The predicted molar refractivity (Wildman–Crippen MR) is 126 cm³/mol. The van der Waals surface area contributed by atoms with Gasteiger partial charge in [-0.1, -0.05) is 48.5 Å². The molecule has 184 valence electrons. The maximum absolute atomic E-state index is 12.9. The molecule has 0 heterocycles. The molecule has 0 unspecified atom stereocenters. The van der Waals surface area contributed by atoms with E-state index in [1.807, 2.05) is 48.5 Å². The summed E-state index contributed by atoms with van der Waals surface area (Å²) in [6, 6.07) is 14.7. The molecule has 0 aromatic heterocycles. The number of carbonyl (C=O) groups excluding carboxylic acids is 3. The number of ether oxygens (including phenoxy) is 2. The molecule has 9 heteroatoms. The summed E-state index contributed by atoms with van der Waals surface area (Å²) in [6.45, 7) is 0.106. The van der Waals surface area contributed by atoms with E-state index in [-0.39, 0.29) is 25.4 Å². The number of rotatable bonds is 9. The summed E-state index contributed by atoms with van der Waals surface area (Å²) in [5, 5.41) is 14.5. The highest BCUT2D eigenvalue weighted by Crippen LogP contribution is 2.44. The topological polar surface area (TPSA) is 131 Å². The van der Waals surface area contributed by atoms with Gasteiger partial charge in [-0.25, -0.2) is 9.59 Å². The van der Waals surface area contributed by atoms with Gasteiger partial charge in [-0.15, -0.1) is 0 Å². The number of hydrogen-bond donors (Lipinski definition) is 3. The van der Waals surface area contributed by atoms with Crippen LogP contribution in [0.2, 0.25) is 0 Å². The number of alkyl carbamates (subject to hydrolysis) is 1. The molecule has 2 aliphatic carbocycles. The highest BCUT2D eigenvalue weighted by Gasteiger charge is 2.47. The van der Waals surface area contributed by atoms with Gasteiger partial charge in [0.25, 0.3) is 0 Å². The van der Waals surface area contributed by atoms with Gasteiger partial charge in [0.05, 0.1) is 7.11 Å². The van der Waals surface area contributed by atoms with Crippen LogP contribution in [0.5, 0.6) is 0 Å². The number of carbonyl (C=O) groups is 4. The zero-order chi connectivity index (χ0) is 25.0. The first-order valence-electron chi connectivity index (χ1n) is 11.6. The lowest BCUT2D eigenvalue weighted by Gasteiger charge is -2.40. The van der Waals surface area contributed by atoms with Gasteiger partial charge in [0.1, 0.15) is 18.2 Å². The molecule has 1 fully saturated rings. The van der Waals surface area contributed by atoms with Crippen molar-refractivity contribution in [3.8, 4) is 11.1 Å². The quantitative estimate of drug-likeness (QED) is 0.470. The fourth-order valence-corrected chi connectivity index (χ4v) is 4.69. The van der Waals surface area contributed by atoms with Crippen LogP contribution in [-0.4, -0.2) is 54.3 Å². The number of nitrogens with one attached hydrogen (secondary N) is 2. The second-order valence-corrected chi connectivity index (χ2v) is 8.87. The zero-order valence-corrected chi connectivity index (χ0v) is 19.4. The summed E-state index contributed by atoms with van der Waals surface area (Å²) in [6.07, 6.45) is 0.438. The summed E-state index contributed by atoms with van der Waals surface area (Å²) >= 11 is 0. The zero-order valence-electron chi connectivity index (χ0n) is 19.4. The minimum atomic E-state index is -1.27. The van der Waals surface area contributed by atoms with Gasteiger partial charge in [-0.2, -0.15) is 0 Å². The monoisotopic (exact) mass is 480 g/mol. The van der Waals surface area contributed by atoms with Crippen molar-refractivity contribution in [2.75, 3.05) is 13.7 Å². The number of hydrogen-bond acceptors (Lipinski definition) is 6. The summed E-state index contributed by atoms with van der Waals surface area (Å²) in [4.78, 5) is 48.6. The largest absolute Gasteiger partial charge is 0.480 e. The van der Waals surface area contributed by atoms with Crippen molar-refractivity contribution >= 4 is 23.9 Å². The average molecular weight is 481 g/mol. The van der Waals surface area contributed by atoms with E-state index < -0.39 is 35.5 Å². The van der Waals surface area contributed by atoms with E-state index in [0.29, 0.717) is 19.3 Å². The van der Waals surface area contributed by atoms with Crippen molar-refractivity contribution in [3.05, 3.63) is 59.7 Å². The van der Waals surface area contributed by atoms with Gasteiger partial charge in [0.2, 0.25) is 5.91 Å². The van der Waals surface area contributed by atoms with Gasteiger partial charge in [0, 0.05) is 12.3 Å². The lowest BCUT2D eigenvalue weighted by atomic mass is 9.76. The average Bonchev–Trinajstić information content (AvgIpc) is 3.15. The first-order valence-corrected chi connectivity index (χ1v) is 11.6. The minimum absolute atomic E-state index is 0.106. The van der Waals surface area contributed by atoms with Gasteiger partial charge >= 0.3 is 18.0 Å². The Kier molecular flexibility index (Phi) is 7.04. The van der Waals surface area contributed by atoms with E-state index in [1.165, 1.54) is 7.11 Å². The molecule has 9 nitrogen and oxygen atoms in total. The lowest BCUT2D eigenvalue weighted by molar-refractivity contribution is -0.145. The number of amides is 2. The second kappa shape index (κ2) is 10.2. The second-order valence-electron chi connectivity index (χ2n) is 8.87. The van der Waals surface area contributed by atoms with Crippen molar-refractivity contribution in [1.29, 1.82) is 0 Å². The molecule has 4 rings (SSSR count). The fourth-order valence-electron chi connectivity index (χ4n) is 4.69. The Labute approximate surface area is 202 Å². The van der Waals surface area contributed by atoms with Crippen molar-refractivity contribution in [1.82, 2.24) is 10.6 Å². The fraction of sp³-hybridized carbons (Fsp3) is 0.385. The molecule has 1 saturated carbocycles. The summed E-state index contributed by atoms with van der Waals surface area (Å²) in [5.74, 6) is -2.55. The third kappa shape index (κ3) is 4.99. The van der Waals surface area contributed by atoms with E-state index in [1.54, 1.807) is 0 Å². The molecule has 0 saturated heterocycles. The highest BCUT2D eigenvalue weighted by atomic mass is 16.5. The van der Waals surface area contributed by atoms with E-state index in [9.17, 15) is 24.3 Å². The molecule has 0 aliphatic heterocycles. The predicted octanol–water partition coefficient (Wildman–Crippen LogP) is 2.97. The van der Waals surface area contributed by atoms with Crippen LogP contribution in [0.4, 0.5) is 4.79 Å². The van der Waals surface area contributed by atoms with Gasteiger partial charge in [0.15, 0.2) is 0 Å². The molecule has 1 atom stereocenters. The first kappa shape index (κ1) is 24.3. The smallest absolute Gasteiger partial charge is 0.408 e. The van der Waals surface area contributed by atoms with Crippen molar-refractivity contribution in [2.45, 2.75) is 49.6 Å². The molecular weight excluding hydrogens is 452 g/mol. The molecule has 2 amide bonds. The van der Waals surface area contributed by atoms with Crippen LogP contribution in [0, 0.1) is 0 Å². The third-order valence-electron chi connectivity index (χ3n) is 6.79. The molecule has 0 radical (unpaired) electrons. The van der Waals surface area contributed by atoms with Crippen molar-refractivity contribution in [3.63, 3.8) is 0 Å². The standard InChI is InChI=1S/C26H28N2O7/c1-34-22(29)12-11-21(23(30)31)27-24(32)26(13-6-14-26)28-25(33)35-15-20-18-9-4-2-7-16(18)17-8-3-5-10-19(17)20/h2-5,7-10,20-21H,6,11-15H2,1H3,(H,27,32)(H,28,33)(H,30,31)/t21-/m0/s1. The van der Waals surface area contributed by atoms with Gasteiger partial charge < -0.3 is 25.2 Å². The van der Waals surface area contributed by atoms with Crippen LogP contribution in [0.25, 0.3) is 11.1 Å². The normalized spacial score (nSPS) is 16.1. The Morgan fingerprint density at radius 2 is 1.63 bits per heavy atom. The Balaban J connectivity index is 1.38. The van der Waals surface area contributed by atoms with Crippen molar-refractivity contribution < 1.29 is 33.8 Å². The number of carboxylic acids is 1. The van der Waals surface area contributed by atoms with Crippen LogP contribution in [-0.2, 0) is 23.9 Å². The summed E-state index contributed by atoms with van der Waals surface area (Å²) in [5.41, 5.74) is 3.14. The van der Waals surface area contributed by atoms with Crippen LogP contribution in [0.3, 0.4) is 0 Å². The molecular formula is C26H28N2O7. The number of carboxylic acid groups (broad SMARTS) is 1. The van der Waals surface area contributed by atoms with Gasteiger partial charge in [-0.05, 0) is 47.9 Å². The van der Waals surface area contributed by atoms with Crippen LogP contribution < -0.4 is 10.6 Å². The summed E-state index contributed by atoms with van der Waals surface area (Å²) in [7, 11) is 1.21. The number of methoxy groups -OCH3 is 1. The van der Waals surface area contributed by atoms with E-state index in [0.717, 1.165) is 22.3 Å². The number of fused-ring (bicyclic) bond motifs is 3. The SMILES string of the molecule is COC(=O)CC[C@H](NC(=O)C1(NC(=O)OCC2c3ccccc3-c3ccccc32)CCC1)C(=O)O. The molecule has 2 aromatic rings. The van der Waals surface area contributed by atoms with Crippen LogP contribution in [0.15, 0.2) is 48.5 Å². The van der Waals surface area contributed by atoms with E-state index >= 15 is 0 Å². The lowest BCUT2D eigenvalue weighted by Crippen LogP contribution is -2.64. The van der Waals surface area contributed by atoms with Crippen molar-refractivity contribution in [2.24, 2.45) is 0 Å². The highest BCUT2D eigenvalue weighted by molar-refractivity contribution is 5.93. The van der Waals surface area contributed by atoms with Gasteiger partial charge in [-0.3, -0.25) is 9.59 Å². The molecule has 35 heavy (non-hydrogen) atoms. The number of benzene rings is 2.